The second-order valence-corrected chi connectivity index (χ2v) is 6.15. The van der Waals surface area contributed by atoms with Crippen molar-refractivity contribution >= 4 is 28.7 Å². The predicted molar refractivity (Wildman–Crippen MR) is 99.8 cm³/mol. The first-order valence-corrected chi connectivity index (χ1v) is 8.34. The molecule has 0 unspecified atom stereocenters. The molecule has 3 heterocycles. The first-order chi connectivity index (χ1) is 12.6. The molecule has 3 aromatic heterocycles. The van der Waals surface area contributed by atoms with Crippen LogP contribution in [0.15, 0.2) is 36.5 Å². The summed E-state index contributed by atoms with van der Waals surface area (Å²) in [4.78, 5) is 18.1. The first kappa shape index (κ1) is 16.0. The van der Waals surface area contributed by atoms with Crippen LogP contribution in [0.5, 0.6) is 0 Å². The SMILES string of the molecule is Cc1nc(NC(C)C)nc(-n2c(Nc3cc[nH]n3)nc3ccccc32)n1. The molecular weight excluding hydrogens is 330 g/mol. The van der Waals surface area contributed by atoms with Crippen molar-refractivity contribution < 1.29 is 0 Å². The summed E-state index contributed by atoms with van der Waals surface area (Å²) in [5.41, 5.74) is 1.73. The van der Waals surface area contributed by atoms with Gasteiger partial charge in [-0.1, -0.05) is 12.1 Å². The highest BCUT2D eigenvalue weighted by Gasteiger charge is 2.17. The lowest BCUT2D eigenvalue weighted by atomic mass is 10.3. The van der Waals surface area contributed by atoms with E-state index in [1.165, 1.54) is 0 Å². The third-order valence-corrected chi connectivity index (χ3v) is 3.65. The molecule has 0 bridgehead atoms. The highest BCUT2D eigenvalue weighted by Crippen LogP contribution is 2.25. The molecule has 0 saturated carbocycles. The summed E-state index contributed by atoms with van der Waals surface area (Å²) < 4.78 is 1.87. The van der Waals surface area contributed by atoms with E-state index in [0.717, 1.165) is 11.0 Å². The average molecular weight is 349 g/mol. The maximum absolute atomic E-state index is 4.66. The van der Waals surface area contributed by atoms with Crippen molar-refractivity contribution in [3.05, 3.63) is 42.4 Å². The maximum atomic E-state index is 4.66. The zero-order chi connectivity index (χ0) is 18.1. The Bertz CT molecular complexity index is 1030. The van der Waals surface area contributed by atoms with Gasteiger partial charge in [0, 0.05) is 18.3 Å². The van der Waals surface area contributed by atoms with Gasteiger partial charge in [-0.3, -0.25) is 5.10 Å². The summed E-state index contributed by atoms with van der Waals surface area (Å²) in [6, 6.07) is 9.87. The molecule has 0 aliphatic carbocycles. The fourth-order valence-corrected chi connectivity index (χ4v) is 2.65. The summed E-state index contributed by atoms with van der Waals surface area (Å²) in [5.74, 6) is 2.90. The second-order valence-electron chi connectivity index (χ2n) is 6.15. The van der Waals surface area contributed by atoms with E-state index in [0.29, 0.717) is 29.5 Å². The number of hydrogen-bond acceptors (Lipinski definition) is 7. The van der Waals surface area contributed by atoms with Gasteiger partial charge in [-0.15, -0.1) is 0 Å². The quantitative estimate of drug-likeness (QED) is 0.508. The monoisotopic (exact) mass is 349 g/mol. The number of nitrogens with zero attached hydrogens (tertiary/aromatic N) is 6. The molecule has 4 rings (SSSR count). The number of imidazole rings is 1. The van der Waals surface area contributed by atoms with Gasteiger partial charge in [0.15, 0.2) is 5.82 Å². The number of benzene rings is 1. The van der Waals surface area contributed by atoms with E-state index in [1.807, 2.05) is 55.7 Å². The van der Waals surface area contributed by atoms with Gasteiger partial charge < -0.3 is 10.6 Å². The Labute approximate surface area is 149 Å². The first-order valence-electron chi connectivity index (χ1n) is 8.34. The molecule has 4 aromatic rings. The number of fused-ring (bicyclic) bond motifs is 1. The van der Waals surface area contributed by atoms with Crippen LogP contribution in [-0.4, -0.2) is 40.7 Å². The highest BCUT2D eigenvalue weighted by atomic mass is 15.3. The second kappa shape index (κ2) is 6.43. The molecule has 0 atom stereocenters. The highest BCUT2D eigenvalue weighted by molar-refractivity contribution is 5.81. The van der Waals surface area contributed by atoms with Crippen LogP contribution in [0.1, 0.15) is 19.7 Å². The van der Waals surface area contributed by atoms with Gasteiger partial charge in [0.05, 0.1) is 11.0 Å². The third kappa shape index (κ3) is 3.06. The van der Waals surface area contributed by atoms with Crippen LogP contribution >= 0.6 is 0 Å². The van der Waals surface area contributed by atoms with Crippen molar-refractivity contribution in [2.24, 2.45) is 0 Å². The molecule has 9 nitrogen and oxygen atoms in total. The Kier molecular flexibility index (Phi) is 3.96. The van der Waals surface area contributed by atoms with Crippen molar-refractivity contribution in [3.63, 3.8) is 0 Å². The zero-order valence-electron chi connectivity index (χ0n) is 14.7. The number of aryl methyl sites for hydroxylation is 1. The van der Waals surface area contributed by atoms with Crippen molar-refractivity contribution in [2.75, 3.05) is 10.6 Å². The third-order valence-electron chi connectivity index (χ3n) is 3.65. The smallest absolute Gasteiger partial charge is 0.242 e. The van der Waals surface area contributed by atoms with E-state index in [9.17, 15) is 0 Å². The zero-order valence-corrected chi connectivity index (χ0v) is 14.7. The molecule has 26 heavy (non-hydrogen) atoms. The fourth-order valence-electron chi connectivity index (χ4n) is 2.65. The number of H-pyrrole nitrogens is 1. The Morgan fingerprint density at radius 3 is 2.65 bits per heavy atom. The van der Waals surface area contributed by atoms with E-state index < -0.39 is 0 Å². The van der Waals surface area contributed by atoms with Crippen LogP contribution < -0.4 is 10.6 Å². The summed E-state index contributed by atoms with van der Waals surface area (Å²) in [6.45, 7) is 5.92. The largest absolute Gasteiger partial charge is 0.352 e. The van der Waals surface area contributed by atoms with Gasteiger partial charge in [-0.2, -0.15) is 20.1 Å². The number of aromatic nitrogens is 7. The predicted octanol–water partition coefficient (Wildman–Crippen LogP) is 2.81. The van der Waals surface area contributed by atoms with E-state index in [1.54, 1.807) is 6.20 Å². The summed E-state index contributed by atoms with van der Waals surface area (Å²) in [5, 5.41) is 13.4. The molecule has 0 saturated heterocycles. The van der Waals surface area contributed by atoms with Gasteiger partial charge in [-0.25, -0.2) is 9.55 Å². The summed E-state index contributed by atoms with van der Waals surface area (Å²) in [6.07, 6.45) is 1.74. The molecular formula is C17H19N9. The number of hydrogen-bond donors (Lipinski definition) is 3. The minimum atomic E-state index is 0.214. The maximum Gasteiger partial charge on any atom is 0.242 e. The molecule has 3 N–H and O–H groups in total. The molecule has 0 fully saturated rings. The Morgan fingerprint density at radius 2 is 1.88 bits per heavy atom. The lowest BCUT2D eigenvalue weighted by Crippen LogP contribution is -2.16. The van der Waals surface area contributed by atoms with Crippen LogP contribution in [0.25, 0.3) is 17.0 Å². The Morgan fingerprint density at radius 1 is 1.04 bits per heavy atom. The van der Waals surface area contributed by atoms with Crippen molar-refractivity contribution in [1.82, 2.24) is 34.7 Å². The molecule has 0 amide bonds. The van der Waals surface area contributed by atoms with E-state index >= 15 is 0 Å². The van der Waals surface area contributed by atoms with Crippen LogP contribution in [-0.2, 0) is 0 Å². The molecule has 1 aromatic carbocycles. The summed E-state index contributed by atoms with van der Waals surface area (Å²) >= 11 is 0. The van der Waals surface area contributed by atoms with Crippen molar-refractivity contribution in [3.8, 4) is 5.95 Å². The number of para-hydroxylation sites is 2. The van der Waals surface area contributed by atoms with Crippen LogP contribution in [0.2, 0.25) is 0 Å². The van der Waals surface area contributed by atoms with E-state index in [4.69, 9.17) is 0 Å². The number of rotatable bonds is 5. The lowest BCUT2D eigenvalue weighted by molar-refractivity contribution is 0.834. The van der Waals surface area contributed by atoms with Crippen molar-refractivity contribution in [2.45, 2.75) is 26.8 Å². The van der Waals surface area contributed by atoms with Gasteiger partial charge in [-0.05, 0) is 32.9 Å². The molecule has 9 heteroatoms. The van der Waals surface area contributed by atoms with Gasteiger partial charge in [0.25, 0.3) is 0 Å². The van der Waals surface area contributed by atoms with Crippen LogP contribution in [0, 0.1) is 6.92 Å². The molecule has 0 spiro atoms. The average Bonchev–Trinajstić information content (AvgIpc) is 3.21. The molecule has 0 aliphatic rings. The van der Waals surface area contributed by atoms with Gasteiger partial charge >= 0.3 is 0 Å². The molecule has 0 radical (unpaired) electrons. The minimum Gasteiger partial charge on any atom is -0.352 e. The number of aromatic amines is 1. The molecule has 132 valence electrons. The normalized spacial score (nSPS) is 11.2. The molecule has 0 aliphatic heterocycles. The fraction of sp³-hybridized carbons (Fsp3) is 0.235. The van der Waals surface area contributed by atoms with Crippen LogP contribution in [0.4, 0.5) is 17.7 Å². The standard InChI is InChI=1S/C17H19N9/c1-10(2)19-15-20-11(3)21-16(24-15)26-13-7-5-4-6-12(13)22-17(26)23-14-8-9-18-25-14/h4-10H,1-3H3,(H2,18,22,23,25)(H,19,20,21,24). The topological polar surface area (TPSA) is 109 Å². The number of nitrogens with one attached hydrogen (secondary N) is 3. The minimum absolute atomic E-state index is 0.214. The van der Waals surface area contributed by atoms with Crippen molar-refractivity contribution in [1.29, 1.82) is 0 Å². The van der Waals surface area contributed by atoms with Gasteiger partial charge in [0.2, 0.25) is 17.8 Å². The Balaban J connectivity index is 1.88. The Hall–Kier alpha value is -3.49. The van der Waals surface area contributed by atoms with E-state index in [2.05, 4.69) is 40.8 Å². The van der Waals surface area contributed by atoms with E-state index in [-0.39, 0.29) is 6.04 Å². The number of anilines is 3. The summed E-state index contributed by atoms with van der Waals surface area (Å²) in [7, 11) is 0. The van der Waals surface area contributed by atoms with Gasteiger partial charge in [0.1, 0.15) is 5.82 Å². The van der Waals surface area contributed by atoms with Crippen LogP contribution in [0.3, 0.4) is 0 Å². The lowest BCUT2D eigenvalue weighted by Gasteiger charge is -2.12.